The molecule has 3 N–H and O–H groups in total. The molecule has 0 spiro atoms. The number of nitrogens with one attached hydrogen (secondary N) is 1. The molecule has 2 fully saturated rings. The summed E-state index contributed by atoms with van der Waals surface area (Å²) in [7, 11) is 0. The van der Waals surface area contributed by atoms with Crippen molar-refractivity contribution in [3.05, 3.63) is 29.8 Å². The van der Waals surface area contributed by atoms with Crippen LogP contribution in [0.3, 0.4) is 0 Å². The van der Waals surface area contributed by atoms with Crippen LogP contribution in [0.2, 0.25) is 0 Å². The largest absolute Gasteiger partial charge is 0.435 e. The molecule has 0 aromatic heterocycles. The molecular weight excluding hydrogens is 290 g/mol. The van der Waals surface area contributed by atoms with E-state index in [2.05, 4.69) is 10.1 Å². The van der Waals surface area contributed by atoms with Crippen LogP contribution < -0.4 is 15.8 Å². The number of hydrogen-bond acceptors (Lipinski definition) is 3. The molecule has 0 saturated heterocycles. The van der Waals surface area contributed by atoms with Gasteiger partial charge in [-0.15, -0.1) is 0 Å². The van der Waals surface area contributed by atoms with E-state index >= 15 is 0 Å². The van der Waals surface area contributed by atoms with Gasteiger partial charge in [0.05, 0.1) is 0 Å². The Bertz CT molecular complexity index is 549. The van der Waals surface area contributed by atoms with Crippen LogP contribution in [0.1, 0.15) is 30.7 Å². The van der Waals surface area contributed by atoms with Crippen LogP contribution in [0.5, 0.6) is 5.75 Å². The van der Waals surface area contributed by atoms with Crippen molar-refractivity contribution in [1.82, 2.24) is 5.32 Å². The summed E-state index contributed by atoms with van der Waals surface area (Å²) >= 11 is 0. The van der Waals surface area contributed by atoms with Gasteiger partial charge in [0, 0.05) is 18.5 Å². The van der Waals surface area contributed by atoms with Crippen molar-refractivity contribution >= 4 is 5.91 Å². The van der Waals surface area contributed by atoms with E-state index in [0.29, 0.717) is 24.4 Å². The highest BCUT2D eigenvalue weighted by Gasteiger charge is 2.45. The predicted octanol–water partition coefficient (Wildman–Crippen LogP) is 2.25. The molecule has 2 saturated carbocycles. The minimum absolute atomic E-state index is 0.0237. The Labute approximate surface area is 128 Å². The third kappa shape index (κ3) is 3.55. The average molecular weight is 310 g/mol. The van der Waals surface area contributed by atoms with E-state index in [0.717, 1.165) is 12.8 Å². The lowest BCUT2D eigenvalue weighted by molar-refractivity contribution is -0.122. The van der Waals surface area contributed by atoms with E-state index < -0.39 is 6.61 Å². The van der Waals surface area contributed by atoms with Crippen LogP contribution in [0, 0.1) is 11.8 Å². The summed E-state index contributed by atoms with van der Waals surface area (Å²) in [5.41, 5.74) is 6.63. The van der Waals surface area contributed by atoms with E-state index in [1.165, 1.54) is 6.07 Å². The molecule has 0 radical (unpaired) electrons. The van der Waals surface area contributed by atoms with Crippen LogP contribution in [-0.4, -0.2) is 25.1 Å². The maximum atomic E-state index is 12.4. The molecule has 0 heterocycles. The van der Waals surface area contributed by atoms with Gasteiger partial charge in [-0.1, -0.05) is 18.2 Å². The first-order valence-electron chi connectivity index (χ1n) is 7.63. The lowest BCUT2D eigenvalue weighted by atomic mass is 10.1. The third-order valence-corrected chi connectivity index (χ3v) is 4.40. The Balaban J connectivity index is 1.55. The summed E-state index contributed by atoms with van der Waals surface area (Å²) < 4.78 is 29.4. The highest BCUT2D eigenvalue weighted by Crippen LogP contribution is 2.50. The highest BCUT2D eigenvalue weighted by molar-refractivity contribution is 5.83. The molecule has 3 atom stereocenters. The third-order valence-electron chi connectivity index (χ3n) is 4.40. The number of carbonyl (C=O) groups is 1. The Hall–Kier alpha value is -1.69. The van der Waals surface area contributed by atoms with E-state index in [9.17, 15) is 13.6 Å². The molecule has 1 aromatic rings. The van der Waals surface area contributed by atoms with E-state index in [-0.39, 0.29) is 29.5 Å². The second-order valence-corrected chi connectivity index (χ2v) is 6.11. The SMILES string of the molecule is NC(CNC(=O)C1CC1c1ccccc1OC(F)F)C1CC1. The fourth-order valence-electron chi connectivity index (χ4n) is 2.86. The summed E-state index contributed by atoms with van der Waals surface area (Å²) in [6.07, 6.45) is 2.94. The molecule has 2 aliphatic carbocycles. The zero-order valence-corrected chi connectivity index (χ0v) is 12.2. The van der Waals surface area contributed by atoms with Crippen LogP contribution in [0.4, 0.5) is 8.78 Å². The Morgan fingerprint density at radius 3 is 2.77 bits per heavy atom. The molecular formula is C16H20F2N2O2. The Kier molecular flexibility index (Phi) is 4.29. The fourth-order valence-corrected chi connectivity index (χ4v) is 2.86. The van der Waals surface area contributed by atoms with E-state index in [1.807, 2.05) is 0 Å². The number of carbonyl (C=O) groups excluding carboxylic acids is 1. The lowest BCUT2D eigenvalue weighted by Gasteiger charge is -2.12. The van der Waals surface area contributed by atoms with Gasteiger partial charge in [-0.25, -0.2) is 0 Å². The number of ether oxygens (including phenoxy) is 1. The first kappa shape index (κ1) is 15.2. The number of hydrogen-bond donors (Lipinski definition) is 2. The average Bonchev–Trinajstić information content (AvgIpc) is 3.37. The maximum absolute atomic E-state index is 12.4. The summed E-state index contributed by atoms with van der Waals surface area (Å²) in [6.45, 7) is -2.37. The van der Waals surface area contributed by atoms with E-state index in [4.69, 9.17) is 5.73 Å². The maximum Gasteiger partial charge on any atom is 0.387 e. The molecule has 4 nitrogen and oxygen atoms in total. The summed E-state index contributed by atoms with van der Waals surface area (Å²) in [5, 5.41) is 2.87. The molecule has 3 rings (SSSR count). The van der Waals surface area contributed by atoms with Gasteiger partial charge < -0.3 is 15.8 Å². The molecule has 1 amide bonds. The van der Waals surface area contributed by atoms with Crippen molar-refractivity contribution in [2.75, 3.05) is 6.54 Å². The topological polar surface area (TPSA) is 64.3 Å². The van der Waals surface area contributed by atoms with Crippen molar-refractivity contribution in [3.8, 4) is 5.75 Å². The highest BCUT2D eigenvalue weighted by atomic mass is 19.3. The zero-order chi connectivity index (χ0) is 15.7. The number of nitrogens with two attached hydrogens (primary N) is 1. The molecule has 6 heteroatoms. The summed E-state index contributed by atoms with van der Waals surface area (Å²) in [4.78, 5) is 12.1. The van der Waals surface area contributed by atoms with Gasteiger partial charge in [0.15, 0.2) is 0 Å². The molecule has 0 bridgehead atoms. The Morgan fingerprint density at radius 1 is 1.36 bits per heavy atom. The van der Waals surface area contributed by atoms with Gasteiger partial charge in [-0.2, -0.15) is 8.78 Å². The monoisotopic (exact) mass is 310 g/mol. The number of halogens is 2. The smallest absolute Gasteiger partial charge is 0.387 e. The number of benzene rings is 1. The summed E-state index contributed by atoms with van der Waals surface area (Å²) in [5.74, 6) is 0.428. The number of para-hydroxylation sites is 1. The first-order chi connectivity index (χ1) is 10.6. The van der Waals surface area contributed by atoms with Gasteiger partial charge in [0.1, 0.15) is 5.75 Å². The molecule has 1 aromatic carbocycles. The van der Waals surface area contributed by atoms with Crippen molar-refractivity contribution in [3.63, 3.8) is 0 Å². The minimum atomic E-state index is -2.86. The minimum Gasteiger partial charge on any atom is -0.435 e. The van der Waals surface area contributed by atoms with E-state index in [1.54, 1.807) is 18.2 Å². The normalized spacial score (nSPS) is 24.9. The second-order valence-electron chi connectivity index (χ2n) is 6.11. The van der Waals surface area contributed by atoms with Gasteiger partial charge in [-0.05, 0) is 42.7 Å². The van der Waals surface area contributed by atoms with Gasteiger partial charge in [-0.3, -0.25) is 4.79 Å². The predicted molar refractivity (Wildman–Crippen MR) is 77.6 cm³/mol. The van der Waals surface area contributed by atoms with Crippen molar-refractivity contribution in [1.29, 1.82) is 0 Å². The lowest BCUT2D eigenvalue weighted by Crippen LogP contribution is -2.39. The van der Waals surface area contributed by atoms with Crippen molar-refractivity contribution in [2.24, 2.45) is 17.6 Å². The zero-order valence-electron chi connectivity index (χ0n) is 12.2. The molecule has 2 aliphatic rings. The van der Waals surface area contributed by atoms with Crippen LogP contribution in [0.15, 0.2) is 24.3 Å². The molecule has 0 aliphatic heterocycles. The fraction of sp³-hybridized carbons (Fsp3) is 0.562. The first-order valence-corrected chi connectivity index (χ1v) is 7.63. The van der Waals surface area contributed by atoms with Gasteiger partial charge in [0.2, 0.25) is 5.91 Å². The second kappa shape index (κ2) is 6.20. The Morgan fingerprint density at radius 2 is 2.09 bits per heavy atom. The van der Waals surface area contributed by atoms with Crippen LogP contribution in [0.25, 0.3) is 0 Å². The standard InChI is InChI=1S/C16H20F2N2O2/c17-16(18)22-14-4-2-1-3-10(14)11-7-12(11)15(21)20-8-13(19)9-5-6-9/h1-4,9,11-13,16H,5-8,19H2,(H,20,21). The quantitative estimate of drug-likeness (QED) is 0.812. The van der Waals surface area contributed by atoms with Crippen LogP contribution >= 0.6 is 0 Å². The molecule has 22 heavy (non-hydrogen) atoms. The van der Waals surface area contributed by atoms with Crippen molar-refractivity contribution < 1.29 is 18.3 Å². The van der Waals surface area contributed by atoms with Crippen LogP contribution in [-0.2, 0) is 4.79 Å². The van der Waals surface area contributed by atoms with Crippen molar-refractivity contribution in [2.45, 2.75) is 37.8 Å². The van der Waals surface area contributed by atoms with Gasteiger partial charge in [0.25, 0.3) is 0 Å². The number of rotatable bonds is 7. The molecule has 120 valence electrons. The molecule has 3 unspecified atom stereocenters. The number of alkyl halides is 2. The van der Waals surface area contributed by atoms with Gasteiger partial charge >= 0.3 is 6.61 Å². The summed E-state index contributed by atoms with van der Waals surface area (Å²) in [6, 6.07) is 6.69. The number of amides is 1.